The van der Waals surface area contributed by atoms with Crippen molar-refractivity contribution >= 4 is 17.1 Å². The van der Waals surface area contributed by atoms with Gasteiger partial charge < -0.3 is 9.64 Å². The first-order valence-electron chi connectivity index (χ1n) is 11.7. The zero-order valence-corrected chi connectivity index (χ0v) is 19.3. The topological polar surface area (TPSA) is 32.8 Å². The van der Waals surface area contributed by atoms with Crippen molar-refractivity contribution in [3.63, 3.8) is 0 Å². The molecule has 4 nitrogen and oxygen atoms in total. The third kappa shape index (κ3) is 5.42. The van der Waals surface area contributed by atoms with Crippen LogP contribution in [-0.4, -0.2) is 53.9 Å². The third-order valence-corrected chi connectivity index (χ3v) is 8.39. The Hall–Kier alpha value is -0.910. The summed E-state index contributed by atoms with van der Waals surface area (Å²) in [5.74, 6) is 1.59. The second-order valence-electron chi connectivity index (χ2n) is 9.84. The monoisotopic (exact) mass is 418 g/mol. The molecule has 5 heteroatoms. The highest BCUT2D eigenvalue weighted by molar-refractivity contribution is 7.14. The van der Waals surface area contributed by atoms with E-state index < -0.39 is 0 Å². The molecule has 162 valence electrons. The Morgan fingerprint density at radius 3 is 2.55 bits per heavy atom. The van der Waals surface area contributed by atoms with Gasteiger partial charge in [0.25, 0.3) is 0 Å². The fourth-order valence-electron chi connectivity index (χ4n) is 5.16. The van der Waals surface area contributed by atoms with Crippen molar-refractivity contribution in [1.82, 2.24) is 9.80 Å². The van der Waals surface area contributed by atoms with E-state index in [1.807, 2.05) is 11.3 Å². The number of nitrogens with zero attached hydrogens (tertiary/aromatic N) is 2. The van der Waals surface area contributed by atoms with Crippen LogP contribution in [0.15, 0.2) is 6.07 Å². The predicted octanol–water partition coefficient (Wildman–Crippen LogP) is 4.75. The van der Waals surface area contributed by atoms with Crippen molar-refractivity contribution in [2.75, 3.05) is 26.2 Å². The van der Waals surface area contributed by atoms with Crippen molar-refractivity contribution < 1.29 is 9.53 Å². The molecule has 4 rings (SSSR count). The van der Waals surface area contributed by atoms with Crippen molar-refractivity contribution in [3.8, 4) is 5.06 Å². The lowest BCUT2D eigenvalue weighted by atomic mass is 9.81. The van der Waals surface area contributed by atoms with Crippen LogP contribution < -0.4 is 4.74 Å². The lowest BCUT2D eigenvalue weighted by Gasteiger charge is -2.34. The quantitative estimate of drug-likeness (QED) is 0.667. The number of carbonyl (C=O) groups is 1. The molecule has 3 aliphatic rings. The molecule has 0 unspecified atom stereocenters. The first-order chi connectivity index (χ1) is 14.0. The molecule has 0 spiro atoms. The summed E-state index contributed by atoms with van der Waals surface area (Å²) in [7, 11) is 0. The highest BCUT2D eigenvalue weighted by atomic mass is 32.1. The molecule has 1 saturated carbocycles. The van der Waals surface area contributed by atoms with Crippen LogP contribution in [0.1, 0.15) is 69.7 Å². The number of carbonyl (C=O) groups excluding carboxylic acids is 1. The van der Waals surface area contributed by atoms with Gasteiger partial charge in [0.15, 0.2) is 5.06 Å². The van der Waals surface area contributed by atoms with E-state index in [-0.39, 0.29) is 0 Å². The van der Waals surface area contributed by atoms with Crippen LogP contribution in [0.25, 0.3) is 0 Å². The molecule has 0 aromatic carbocycles. The van der Waals surface area contributed by atoms with Crippen molar-refractivity contribution in [2.24, 2.45) is 11.8 Å². The number of thiophene rings is 1. The maximum atomic E-state index is 12.8. The summed E-state index contributed by atoms with van der Waals surface area (Å²) in [5, 5.41) is 1.09. The molecule has 2 fully saturated rings. The number of fused-ring (bicyclic) bond motifs is 1. The van der Waals surface area contributed by atoms with E-state index in [1.54, 1.807) is 0 Å². The summed E-state index contributed by atoms with van der Waals surface area (Å²) in [6, 6.07) is 2.89. The Morgan fingerprint density at radius 1 is 1.14 bits per heavy atom. The SMILES string of the molecule is CC1CCC(C(=O)CN2CCc3sc(OC4CCN(C(C)C)CC4)cc3C2)CC1. The van der Waals surface area contributed by atoms with E-state index in [2.05, 4.69) is 36.6 Å². The van der Waals surface area contributed by atoms with Gasteiger partial charge in [0.05, 0.1) is 6.54 Å². The van der Waals surface area contributed by atoms with Crippen LogP contribution in [0.3, 0.4) is 0 Å². The zero-order valence-electron chi connectivity index (χ0n) is 18.5. The minimum atomic E-state index is 0.311. The molecule has 2 aliphatic heterocycles. The fourth-order valence-corrected chi connectivity index (χ4v) is 6.24. The van der Waals surface area contributed by atoms with E-state index >= 15 is 0 Å². The van der Waals surface area contributed by atoms with Crippen molar-refractivity contribution in [1.29, 1.82) is 0 Å². The van der Waals surface area contributed by atoms with Gasteiger partial charge in [-0.15, -0.1) is 11.3 Å². The van der Waals surface area contributed by atoms with Gasteiger partial charge in [0.1, 0.15) is 11.9 Å². The van der Waals surface area contributed by atoms with Gasteiger partial charge in [-0.25, -0.2) is 0 Å². The first-order valence-corrected chi connectivity index (χ1v) is 12.6. The van der Waals surface area contributed by atoms with Gasteiger partial charge in [0.2, 0.25) is 0 Å². The molecule has 0 bridgehead atoms. The molecule has 0 atom stereocenters. The number of ether oxygens (including phenoxy) is 1. The van der Waals surface area contributed by atoms with Gasteiger partial charge >= 0.3 is 0 Å². The van der Waals surface area contributed by atoms with E-state index in [0.29, 0.717) is 30.4 Å². The minimum Gasteiger partial charge on any atom is -0.481 e. The van der Waals surface area contributed by atoms with Crippen LogP contribution in [0.4, 0.5) is 0 Å². The summed E-state index contributed by atoms with van der Waals surface area (Å²) >= 11 is 1.84. The predicted molar refractivity (Wildman–Crippen MR) is 120 cm³/mol. The fraction of sp³-hybridized carbons (Fsp3) is 0.792. The lowest BCUT2D eigenvalue weighted by Crippen LogP contribution is -2.41. The number of hydrogen-bond donors (Lipinski definition) is 0. The first kappa shape index (κ1) is 21.3. The molecule has 29 heavy (non-hydrogen) atoms. The molecular formula is C24H38N2O2S. The smallest absolute Gasteiger partial charge is 0.174 e. The molecule has 1 aromatic heterocycles. The van der Waals surface area contributed by atoms with Crippen LogP contribution >= 0.6 is 11.3 Å². The molecule has 1 aromatic rings. The second-order valence-corrected chi connectivity index (χ2v) is 10.9. The number of piperidine rings is 1. The standard InChI is InChI=1S/C24H38N2O2S/c1-17(2)26-12-8-21(9-13-26)28-24-14-20-15-25(11-10-23(20)29-24)16-22(27)19-6-4-18(3)5-7-19/h14,17-19,21H,4-13,15-16H2,1-3H3. The maximum Gasteiger partial charge on any atom is 0.174 e. The molecule has 1 aliphatic carbocycles. The zero-order chi connectivity index (χ0) is 20.4. The van der Waals surface area contributed by atoms with Crippen LogP contribution in [0.5, 0.6) is 5.06 Å². The van der Waals surface area contributed by atoms with Gasteiger partial charge in [0, 0.05) is 43.0 Å². The second kappa shape index (κ2) is 9.49. The largest absolute Gasteiger partial charge is 0.481 e. The van der Waals surface area contributed by atoms with Crippen LogP contribution in [-0.2, 0) is 17.8 Å². The summed E-state index contributed by atoms with van der Waals surface area (Å²) in [6.07, 6.45) is 8.32. The third-order valence-electron chi connectivity index (χ3n) is 7.26. The summed E-state index contributed by atoms with van der Waals surface area (Å²) in [4.78, 5) is 19.1. The summed E-state index contributed by atoms with van der Waals surface area (Å²) < 4.78 is 6.36. The average Bonchev–Trinajstić information content (AvgIpc) is 3.10. The number of rotatable bonds is 6. The molecule has 3 heterocycles. The van der Waals surface area contributed by atoms with Crippen LogP contribution in [0.2, 0.25) is 0 Å². The van der Waals surface area contributed by atoms with Crippen molar-refractivity contribution in [3.05, 3.63) is 16.5 Å². The number of Topliss-reactive ketones (excluding diaryl/α,β-unsaturated/α-hetero) is 1. The van der Waals surface area contributed by atoms with Gasteiger partial charge in [-0.3, -0.25) is 9.69 Å². The number of hydrogen-bond acceptors (Lipinski definition) is 5. The Kier molecular flexibility index (Phi) is 6.98. The van der Waals surface area contributed by atoms with Gasteiger partial charge in [-0.1, -0.05) is 19.8 Å². The minimum absolute atomic E-state index is 0.311. The summed E-state index contributed by atoms with van der Waals surface area (Å²) in [5.41, 5.74) is 1.39. The van der Waals surface area contributed by atoms with E-state index in [9.17, 15) is 4.79 Å². The summed E-state index contributed by atoms with van der Waals surface area (Å²) in [6.45, 7) is 11.7. The Morgan fingerprint density at radius 2 is 1.86 bits per heavy atom. The van der Waals surface area contributed by atoms with Crippen LogP contribution in [0, 0.1) is 11.8 Å². The van der Waals surface area contributed by atoms with E-state index in [4.69, 9.17) is 4.74 Å². The Balaban J connectivity index is 1.27. The van der Waals surface area contributed by atoms with Crippen molar-refractivity contribution in [2.45, 2.75) is 84.4 Å². The van der Waals surface area contributed by atoms with Gasteiger partial charge in [-0.05, 0) is 63.5 Å². The van der Waals surface area contributed by atoms with E-state index in [0.717, 1.165) is 69.3 Å². The van der Waals surface area contributed by atoms with E-state index in [1.165, 1.54) is 23.3 Å². The highest BCUT2D eigenvalue weighted by Crippen LogP contribution is 2.35. The number of likely N-dealkylation sites (tertiary alicyclic amines) is 1. The van der Waals surface area contributed by atoms with Gasteiger partial charge in [-0.2, -0.15) is 0 Å². The average molecular weight is 419 g/mol. The maximum absolute atomic E-state index is 12.8. The Labute approximate surface area is 180 Å². The molecule has 0 radical (unpaired) electrons. The Bertz CT molecular complexity index is 685. The number of ketones is 1. The lowest BCUT2D eigenvalue weighted by molar-refractivity contribution is -0.125. The normalized spacial score (nSPS) is 27.2. The molecular weight excluding hydrogens is 380 g/mol. The highest BCUT2D eigenvalue weighted by Gasteiger charge is 2.28. The molecule has 0 N–H and O–H groups in total. The molecule has 1 saturated heterocycles. The molecule has 0 amide bonds.